The van der Waals surface area contributed by atoms with Crippen molar-refractivity contribution < 1.29 is 14.7 Å². The summed E-state index contributed by atoms with van der Waals surface area (Å²) in [5, 5.41) is 21.8. The van der Waals surface area contributed by atoms with E-state index in [9.17, 15) is 14.7 Å². The van der Waals surface area contributed by atoms with Gasteiger partial charge < -0.3 is 15.0 Å². The Morgan fingerprint density at radius 1 is 1.21 bits per heavy atom. The highest BCUT2D eigenvalue weighted by Gasteiger charge is 2.41. The Morgan fingerprint density at radius 3 is 2.69 bits per heavy atom. The summed E-state index contributed by atoms with van der Waals surface area (Å²) < 4.78 is 1.64. The lowest BCUT2D eigenvalue weighted by atomic mass is 9.88. The molecule has 1 aliphatic heterocycles. The number of amides is 2. The second-order valence-corrected chi connectivity index (χ2v) is 6.87. The first-order chi connectivity index (χ1) is 14.1. The maximum absolute atomic E-state index is 12.8. The zero-order chi connectivity index (χ0) is 20.4. The molecule has 2 N–H and O–H groups in total. The number of nitrogens with zero attached hydrogens (tertiary/aromatic N) is 3. The fraction of sp³-hybridized carbons (Fsp3) is 0.182. The Morgan fingerprint density at radius 2 is 1.93 bits per heavy atom. The summed E-state index contributed by atoms with van der Waals surface area (Å²) in [6, 6.07) is 16.7. The Bertz CT molecular complexity index is 1120. The Hall–Kier alpha value is -3.74. The lowest BCUT2D eigenvalue weighted by molar-refractivity contribution is -0.131. The summed E-state index contributed by atoms with van der Waals surface area (Å²) in [6.45, 7) is 4.46. The van der Waals surface area contributed by atoms with Crippen molar-refractivity contribution in [3.05, 3.63) is 72.8 Å². The van der Waals surface area contributed by atoms with Crippen LogP contribution in [0.15, 0.2) is 77.5 Å². The van der Waals surface area contributed by atoms with Crippen molar-refractivity contribution in [3.8, 4) is 5.88 Å². The van der Waals surface area contributed by atoms with Crippen LogP contribution < -0.4 is 5.32 Å². The zero-order valence-electron chi connectivity index (χ0n) is 15.7. The van der Waals surface area contributed by atoms with Crippen LogP contribution in [-0.4, -0.2) is 28.0 Å². The largest absolute Gasteiger partial charge is 0.493 e. The van der Waals surface area contributed by atoms with E-state index in [1.54, 1.807) is 16.7 Å². The SMILES string of the molecule is C=CCn1c(O)c(N=NC(=O)C2C(=O)NCC2c2ccccc2)c2ccccc21. The topological polar surface area (TPSA) is 96.0 Å². The highest BCUT2D eigenvalue weighted by Crippen LogP contribution is 2.39. The van der Waals surface area contributed by atoms with Crippen molar-refractivity contribution in [1.29, 1.82) is 0 Å². The molecular weight excluding hydrogens is 368 g/mol. The maximum atomic E-state index is 12.8. The van der Waals surface area contributed by atoms with Gasteiger partial charge in [-0.2, -0.15) is 0 Å². The van der Waals surface area contributed by atoms with Gasteiger partial charge in [0.2, 0.25) is 11.8 Å². The van der Waals surface area contributed by atoms with Crippen LogP contribution in [-0.2, 0) is 16.1 Å². The fourth-order valence-electron chi connectivity index (χ4n) is 3.76. The zero-order valence-corrected chi connectivity index (χ0v) is 15.7. The first-order valence-corrected chi connectivity index (χ1v) is 9.31. The van der Waals surface area contributed by atoms with Gasteiger partial charge in [-0.15, -0.1) is 16.8 Å². The number of hydrogen-bond donors (Lipinski definition) is 2. The summed E-state index contributed by atoms with van der Waals surface area (Å²) in [7, 11) is 0. The highest BCUT2D eigenvalue weighted by molar-refractivity contribution is 6.03. The summed E-state index contributed by atoms with van der Waals surface area (Å²) in [6.07, 6.45) is 1.66. The molecule has 29 heavy (non-hydrogen) atoms. The number of hydrogen-bond acceptors (Lipinski definition) is 4. The van der Waals surface area contributed by atoms with Crippen molar-refractivity contribution in [2.75, 3.05) is 6.54 Å². The van der Waals surface area contributed by atoms with E-state index in [0.717, 1.165) is 11.1 Å². The van der Waals surface area contributed by atoms with E-state index in [1.165, 1.54) is 0 Å². The first-order valence-electron chi connectivity index (χ1n) is 9.31. The molecule has 2 atom stereocenters. The molecule has 2 unspecified atom stereocenters. The molecule has 1 aliphatic rings. The third-order valence-electron chi connectivity index (χ3n) is 5.15. The van der Waals surface area contributed by atoms with Gasteiger partial charge >= 0.3 is 0 Å². The van der Waals surface area contributed by atoms with E-state index in [-0.39, 0.29) is 23.4 Å². The molecule has 7 nitrogen and oxygen atoms in total. The van der Waals surface area contributed by atoms with Crippen LogP contribution in [0.1, 0.15) is 11.5 Å². The molecule has 0 radical (unpaired) electrons. The quantitative estimate of drug-likeness (QED) is 0.396. The number of rotatable bonds is 5. The predicted octanol–water partition coefficient (Wildman–Crippen LogP) is 3.67. The number of azo groups is 1. The number of carbonyl (C=O) groups is 2. The number of fused-ring (bicyclic) bond motifs is 1. The number of allylic oxidation sites excluding steroid dienone is 1. The second-order valence-electron chi connectivity index (χ2n) is 6.87. The van der Waals surface area contributed by atoms with Crippen LogP contribution in [0.5, 0.6) is 5.88 Å². The normalized spacial score (nSPS) is 19.0. The van der Waals surface area contributed by atoms with E-state index in [4.69, 9.17) is 0 Å². The van der Waals surface area contributed by atoms with E-state index < -0.39 is 11.8 Å². The van der Waals surface area contributed by atoms with Gasteiger partial charge in [0.1, 0.15) is 5.92 Å². The molecule has 0 spiro atoms. The highest BCUT2D eigenvalue weighted by atomic mass is 16.3. The summed E-state index contributed by atoms with van der Waals surface area (Å²) in [5.41, 5.74) is 1.85. The third-order valence-corrected chi connectivity index (χ3v) is 5.15. The number of carbonyl (C=O) groups excluding carboxylic acids is 2. The number of para-hydroxylation sites is 1. The van der Waals surface area contributed by atoms with Crippen LogP contribution in [0.25, 0.3) is 10.9 Å². The van der Waals surface area contributed by atoms with Crippen molar-refractivity contribution >= 4 is 28.4 Å². The molecular formula is C22H20N4O3. The molecule has 1 aromatic heterocycles. The van der Waals surface area contributed by atoms with E-state index in [0.29, 0.717) is 18.5 Å². The molecule has 2 heterocycles. The van der Waals surface area contributed by atoms with E-state index >= 15 is 0 Å². The van der Waals surface area contributed by atoms with Gasteiger partial charge in [-0.05, 0) is 11.6 Å². The minimum Gasteiger partial charge on any atom is -0.493 e. The van der Waals surface area contributed by atoms with E-state index in [1.807, 2.05) is 48.5 Å². The summed E-state index contributed by atoms with van der Waals surface area (Å²) in [5.74, 6) is -2.33. The van der Waals surface area contributed by atoms with Crippen molar-refractivity contribution in [2.24, 2.45) is 16.1 Å². The number of nitrogens with one attached hydrogen (secondary N) is 1. The number of benzene rings is 2. The lowest BCUT2D eigenvalue weighted by Crippen LogP contribution is -2.25. The minimum atomic E-state index is -0.940. The number of aromatic nitrogens is 1. The van der Waals surface area contributed by atoms with Gasteiger partial charge in [0.15, 0.2) is 5.69 Å². The average molecular weight is 388 g/mol. The standard InChI is InChI=1S/C22H20N4O3/c1-2-12-26-17-11-7-6-10-15(17)19(22(26)29)24-25-21(28)18-16(13-23-20(18)27)14-8-4-3-5-9-14/h2-11,16,18,29H,1,12-13H2,(H,23,27). The molecule has 2 amide bonds. The molecule has 1 fully saturated rings. The Labute approximate surface area is 167 Å². The second kappa shape index (κ2) is 7.71. The molecule has 146 valence electrons. The maximum Gasteiger partial charge on any atom is 0.277 e. The van der Waals surface area contributed by atoms with Crippen LogP contribution >= 0.6 is 0 Å². The predicted molar refractivity (Wildman–Crippen MR) is 109 cm³/mol. The Balaban J connectivity index is 1.67. The fourth-order valence-corrected chi connectivity index (χ4v) is 3.76. The van der Waals surface area contributed by atoms with E-state index in [2.05, 4.69) is 22.1 Å². The van der Waals surface area contributed by atoms with Gasteiger partial charge in [0.05, 0.1) is 5.52 Å². The smallest absolute Gasteiger partial charge is 0.277 e. The van der Waals surface area contributed by atoms with Crippen LogP contribution in [0, 0.1) is 5.92 Å². The Kier molecular flexibility index (Phi) is 4.95. The van der Waals surface area contributed by atoms with Crippen LogP contribution in [0.2, 0.25) is 0 Å². The molecule has 4 rings (SSSR count). The molecule has 1 saturated heterocycles. The number of aromatic hydroxyl groups is 1. The minimum absolute atomic E-state index is 0.0990. The molecule has 0 saturated carbocycles. The van der Waals surface area contributed by atoms with Crippen LogP contribution in [0.3, 0.4) is 0 Å². The van der Waals surface area contributed by atoms with Crippen LogP contribution in [0.4, 0.5) is 5.69 Å². The first kappa shape index (κ1) is 18.6. The van der Waals surface area contributed by atoms with Gasteiger partial charge in [0, 0.05) is 24.4 Å². The molecule has 0 aliphatic carbocycles. The van der Waals surface area contributed by atoms with Gasteiger partial charge in [0.25, 0.3) is 5.91 Å². The third kappa shape index (κ3) is 3.31. The van der Waals surface area contributed by atoms with Crippen molar-refractivity contribution in [1.82, 2.24) is 9.88 Å². The molecule has 0 bridgehead atoms. The molecule has 2 aromatic carbocycles. The lowest BCUT2D eigenvalue weighted by Gasteiger charge is -2.13. The molecule has 3 aromatic rings. The van der Waals surface area contributed by atoms with Crippen molar-refractivity contribution in [2.45, 2.75) is 12.5 Å². The summed E-state index contributed by atoms with van der Waals surface area (Å²) in [4.78, 5) is 25.0. The summed E-state index contributed by atoms with van der Waals surface area (Å²) >= 11 is 0. The van der Waals surface area contributed by atoms with Gasteiger partial charge in [-0.3, -0.25) is 9.59 Å². The van der Waals surface area contributed by atoms with Crippen molar-refractivity contribution in [3.63, 3.8) is 0 Å². The monoisotopic (exact) mass is 388 g/mol. The van der Waals surface area contributed by atoms with Gasteiger partial charge in [-0.25, -0.2) is 0 Å². The van der Waals surface area contributed by atoms with Gasteiger partial charge in [-0.1, -0.05) is 54.6 Å². The molecule has 7 heteroatoms. The average Bonchev–Trinajstić information content (AvgIpc) is 3.25.